The van der Waals surface area contributed by atoms with E-state index in [2.05, 4.69) is 64.1 Å². The van der Waals surface area contributed by atoms with Crippen LogP contribution in [0, 0.1) is 19.3 Å². The Kier molecular flexibility index (Phi) is 4.29. The first-order chi connectivity index (χ1) is 9.38. The van der Waals surface area contributed by atoms with Gasteiger partial charge in [0.15, 0.2) is 0 Å². The van der Waals surface area contributed by atoms with Crippen LogP contribution in [-0.2, 0) is 6.42 Å². The van der Waals surface area contributed by atoms with Crippen molar-refractivity contribution in [1.29, 1.82) is 0 Å². The summed E-state index contributed by atoms with van der Waals surface area (Å²) in [5.74, 6) is 0. The maximum absolute atomic E-state index is 10.7. The van der Waals surface area contributed by atoms with Crippen molar-refractivity contribution in [1.82, 2.24) is 0 Å². The molecule has 1 nitrogen and oxygen atoms in total. The second-order valence-corrected chi connectivity index (χ2v) is 6.46. The Labute approximate surface area is 122 Å². The Morgan fingerprint density at radius 1 is 0.850 bits per heavy atom. The fraction of sp³-hybridized carbons (Fsp3) is 0.368. The number of aliphatic hydroxyl groups is 1. The van der Waals surface area contributed by atoms with Crippen LogP contribution in [0.5, 0.6) is 0 Å². The third-order valence-electron chi connectivity index (χ3n) is 3.91. The van der Waals surface area contributed by atoms with Crippen molar-refractivity contribution in [3.8, 4) is 0 Å². The Morgan fingerprint density at radius 3 is 1.80 bits per heavy atom. The van der Waals surface area contributed by atoms with E-state index in [9.17, 15) is 5.11 Å². The van der Waals surface area contributed by atoms with Gasteiger partial charge in [0.25, 0.3) is 0 Å². The van der Waals surface area contributed by atoms with Crippen molar-refractivity contribution in [2.45, 2.75) is 40.2 Å². The molecule has 0 spiro atoms. The third-order valence-corrected chi connectivity index (χ3v) is 3.91. The summed E-state index contributed by atoms with van der Waals surface area (Å²) in [6.45, 7) is 8.40. The zero-order valence-electron chi connectivity index (χ0n) is 12.9. The van der Waals surface area contributed by atoms with Gasteiger partial charge in [-0.1, -0.05) is 73.5 Å². The summed E-state index contributed by atoms with van der Waals surface area (Å²) in [6, 6.07) is 16.7. The van der Waals surface area contributed by atoms with Crippen LogP contribution < -0.4 is 0 Å². The molecule has 106 valence electrons. The maximum atomic E-state index is 10.7. The molecule has 0 unspecified atom stereocenters. The van der Waals surface area contributed by atoms with Gasteiger partial charge in [0, 0.05) is 0 Å². The molecule has 0 saturated heterocycles. The van der Waals surface area contributed by atoms with E-state index < -0.39 is 6.10 Å². The van der Waals surface area contributed by atoms with Gasteiger partial charge < -0.3 is 5.11 Å². The van der Waals surface area contributed by atoms with Crippen LogP contribution in [0.1, 0.15) is 42.2 Å². The lowest BCUT2D eigenvalue weighted by molar-refractivity contribution is 0.0494. The van der Waals surface area contributed by atoms with Gasteiger partial charge in [-0.05, 0) is 36.8 Å². The van der Waals surface area contributed by atoms with Gasteiger partial charge in [-0.2, -0.15) is 0 Å². The third kappa shape index (κ3) is 3.49. The predicted molar refractivity (Wildman–Crippen MR) is 84.8 cm³/mol. The van der Waals surface area contributed by atoms with Crippen LogP contribution in [0.3, 0.4) is 0 Å². The van der Waals surface area contributed by atoms with Gasteiger partial charge in [0.05, 0.1) is 6.10 Å². The molecule has 0 heterocycles. The zero-order valence-corrected chi connectivity index (χ0v) is 12.9. The highest BCUT2D eigenvalue weighted by Crippen LogP contribution is 2.36. The topological polar surface area (TPSA) is 20.2 Å². The van der Waals surface area contributed by atoms with Gasteiger partial charge in [-0.15, -0.1) is 0 Å². The van der Waals surface area contributed by atoms with Crippen molar-refractivity contribution in [2.75, 3.05) is 0 Å². The minimum Gasteiger partial charge on any atom is -0.388 e. The van der Waals surface area contributed by atoms with Crippen molar-refractivity contribution in [3.63, 3.8) is 0 Å². The van der Waals surface area contributed by atoms with E-state index in [0.29, 0.717) is 0 Å². The molecule has 0 aromatic heterocycles. The van der Waals surface area contributed by atoms with Crippen molar-refractivity contribution >= 4 is 0 Å². The van der Waals surface area contributed by atoms with Gasteiger partial charge in [0.1, 0.15) is 0 Å². The summed E-state index contributed by atoms with van der Waals surface area (Å²) in [6.07, 6.45) is 0.409. The number of aliphatic hydroxyl groups excluding tert-OH is 1. The summed E-state index contributed by atoms with van der Waals surface area (Å²) >= 11 is 0. The molecule has 0 amide bonds. The molecule has 2 aromatic carbocycles. The number of hydrogen-bond acceptors (Lipinski definition) is 1. The number of rotatable bonds is 4. The van der Waals surface area contributed by atoms with Crippen LogP contribution >= 0.6 is 0 Å². The Bertz CT molecular complexity index is 549. The molecule has 0 saturated carbocycles. The lowest BCUT2D eigenvalue weighted by Gasteiger charge is -2.31. The van der Waals surface area contributed by atoms with Crippen LogP contribution in [0.15, 0.2) is 48.5 Å². The smallest absolute Gasteiger partial charge is 0.0844 e. The highest BCUT2D eigenvalue weighted by Gasteiger charge is 2.29. The SMILES string of the molecule is Cc1ccc(CC(C)(C)[C@H](O)c2ccc(C)cc2)cc1. The number of benzene rings is 2. The lowest BCUT2D eigenvalue weighted by Crippen LogP contribution is -2.24. The van der Waals surface area contributed by atoms with Gasteiger partial charge in [-0.3, -0.25) is 0 Å². The first kappa shape index (κ1) is 14.8. The molecule has 0 bridgehead atoms. The van der Waals surface area contributed by atoms with Gasteiger partial charge >= 0.3 is 0 Å². The molecule has 20 heavy (non-hydrogen) atoms. The van der Waals surface area contributed by atoms with Gasteiger partial charge in [-0.25, -0.2) is 0 Å². The first-order valence-electron chi connectivity index (χ1n) is 7.19. The van der Waals surface area contributed by atoms with Crippen molar-refractivity contribution in [2.24, 2.45) is 5.41 Å². The molecule has 0 fully saturated rings. The summed E-state index contributed by atoms with van der Waals surface area (Å²) < 4.78 is 0. The van der Waals surface area contributed by atoms with Crippen LogP contribution in [0.25, 0.3) is 0 Å². The van der Waals surface area contributed by atoms with E-state index in [4.69, 9.17) is 0 Å². The molecular formula is C19H24O. The first-order valence-corrected chi connectivity index (χ1v) is 7.19. The van der Waals surface area contributed by atoms with Gasteiger partial charge in [0.2, 0.25) is 0 Å². The molecule has 2 aromatic rings. The number of aryl methyl sites for hydroxylation is 2. The summed E-state index contributed by atoms with van der Waals surface area (Å²) in [4.78, 5) is 0. The maximum Gasteiger partial charge on any atom is 0.0844 e. The predicted octanol–water partition coefficient (Wildman–Crippen LogP) is 4.61. The van der Waals surface area contributed by atoms with E-state index in [1.54, 1.807) is 0 Å². The largest absolute Gasteiger partial charge is 0.388 e. The standard InChI is InChI=1S/C19H24O/c1-14-5-9-16(10-6-14)13-19(3,4)18(20)17-11-7-15(2)8-12-17/h5-12,18,20H,13H2,1-4H3/t18-/m1/s1. The van der Waals surface area contributed by atoms with Crippen LogP contribution in [0.4, 0.5) is 0 Å². The fourth-order valence-electron chi connectivity index (χ4n) is 2.53. The average Bonchev–Trinajstić information content (AvgIpc) is 2.41. The fourth-order valence-corrected chi connectivity index (χ4v) is 2.53. The molecule has 0 aliphatic heterocycles. The van der Waals surface area contributed by atoms with E-state index in [-0.39, 0.29) is 5.41 Å². The second-order valence-electron chi connectivity index (χ2n) is 6.46. The van der Waals surface area contributed by atoms with E-state index in [0.717, 1.165) is 12.0 Å². The van der Waals surface area contributed by atoms with Crippen molar-refractivity contribution in [3.05, 3.63) is 70.8 Å². The van der Waals surface area contributed by atoms with Crippen molar-refractivity contribution < 1.29 is 5.11 Å². The molecule has 0 aliphatic carbocycles. The Balaban J connectivity index is 2.16. The highest BCUT2D eigenvalue weighted by atomic mass is 16.3. The molecule has 0 radical (unpaired) electrons. The summed E-state index contributed by atoms with van der Waals surface area (Å²) in [5.41, 5.74) is 4.56. The highest BCUT2D eigenvalue weighted by molar-refractivity contribution is 5.26. The molecule has 1 heteroatoms. The molecule has 1 N–H and O–H groups in total. The Hall–Kier alpha value is -1.60. The minimum absolute atomic E-state index is 0.190. The molecule has 0 aliphatic rings. The quantitative estimate of drug-likeness (QED) is 0.858. The minimum atomic E-state index is -0.454. The molecular weight excluding hydrogens is 244 g/mol. The monoisotopic (exact) mass is 268 g/mol. The van der Waals surface area contributed by atoms with E-state index >= 15 is 0 Å². The normalized spacial score (nSPS) is 13.2. The molecule has 1 atom stereocenters. The Morgan fingerprint density at radius 2 is 1.30 bits per heavy atom. The van der Waals surface area contributed by atoms with Crippen LogP contribution in [0.2, 0.25) is 0 Å². The van der Waals surface area contributed by atoms with E-state index in [1.807, 2.05) is 12.1 Å². The zero-order chi connectivity index (χ0) is 14.8. The summed E-state index contributed by atoms with van der Waals surface area (Å²) in [5, 5.41) is 10.7. The van der Waals surface area contributed by atoms with E-state index in [1.165, 1.54) is 16.7 Å². The number of hydrogen-bond donors (Lipinski definition) is 1. The average molecular weight is 268 g/mol. The molecule has 2 rings (SSSR count). The lowest BCUT2D eigenvalue weighted by atomic mass is 9.77. The summed E-state index contributed by atoms with van der Waals surface area (Å²) in [7, 11) is 0. The van der Waals surface area contributed by atoms with Crippen LogP contribution in [-0.4, -0.2) is 5.11 Å². The second kappa shape index (κ2) is 5.80.